The zero-order valence-corrected chi connectivity index (χ0v) is 26.0. The quantitative estimate of drug-likeness (QED) is 0.418. The highest BCUT2D eigenvalue weighted by Gasteiger charge is 2.70. The van der Waals surface area contributed by atoms with Gasteiger partial charge >= 0.3 is 0 Å². The van der Waals surface area contributed by atoms with Gasteiger partial charge in [0.2, 0.25) is 5.91 Å². The number of amides is 1. The highest BCUT2D eigenvalue weighted by molar-refractivity contribution is 5.84. The van der Waals surface area contributed by atoms with Crippen LogP contribution in [0, 0.1) is 50.2 Å². The van der Waals surface area contributed by atoms with Gasteiger partial charge in [0, 0.05) is 18.5 Å². The molecular formula is C34H55NO5. The Bertz CT molecular complexity index is 1070. The number of nitrogens with zero attached hydrogens (tertiary/aromatic N) is 1. The Morgan fingerprint density at radius 3 is 2.30 bits per heavy atom. The summed E-state index contributed by atoms with van der Waals surface area (Å²) in [6, 6.07) is 0. The fourth-order valence-corrected chi connectivity index (χ4v) is 11.9. The van der Waals surface area contributed by atoms with E-state index in [-0.39, 0.29) is 45.5 Å². The molecule has 0 spiro atoms. The smallest absolute Gasteiger partial charge is 0.229 e. The lowest BCUT2D eigenvalue weighted by molar-refractivity contribution is -0.243. The predicted octanol–water partition coefficient (Wildman–Crippen LogP) is 4.95. The van der Waals surface area contributed by atoms with E-state index in [4.69, 9.17) is 4.74 Å². The number of ether oxygens (including phenoxy) is 1. The Kier molecular flexibility index (Phi) is 6.75. The van der Waals surface area contributed by atoms with Gasteiger partial charge in [-0.1, -0.05) is 53.2 Å². The van der Waals surface area contributed by atoms with Gasteiger partial charge in [0.1, 0.15) is 0 Å². The molecule has 5 aliphatic carbocycles. The van der Waals surface area contributed by atoms with Crippen LogP contribution in [0.25, 0.3) is 0 Å². The number of fused-ring (bicyclic) bond motifs is 7. The molecule has 4 saturated carbocycles. The normalized spacial score (nSPS) is 52.0. The van der Waals surface area contributed by atoms with Crippen molar-refractivity contribution in [3.63, 3.8) is 0 Å². The summed E-state index contributed by atoms with van der Waals surface area (Å²) in [5.74, 6) is 1.18. The molecule has 226 valence electrons. The Morgan fingerprint density at radius 2 is 1.62 bits per heavy atom. The fraction of sp³-hybridized carbons (Fsp3) is 0.912. The van der Waals surface area contributed by atoms with Gasteiger partial charge in [0.25, 0.3) is 0 Å². The van der Waals surface area contributed by atoms with Crippen LogP contribution in [0.3, 0.4) is 0 Å². The standard InChI is InChI=1S/C34H55NO5/c1-29(2)11-13-34(28(39)35-15-17-40-18-16-35)14-12-32(5)22(23(34)19-29)7-8-26-30(3)20-24(37)27(38)31(4,21-36)25(30)9-10-33(26,32)6/h7,23-27,36-38H,8-21H2,1-6H3/t23?,24-,25?,26?,27+,30+,31+,32-,33-,34+/m1/s1. The number of aliphatic hydroxyl groups is 3. The summed E-state index contributed by atoms with van der Waals surface area (Å²) in [4.78, 5) is 16.6. The van der Waals surface area contributed by atoms with E-state index in [0.717, 1.165) is 51.4 Å². The van der Waals surface area contributed by atoms with Gasteiger partial charge in [-0.05, 0) is 97.2 Å². The minimum atomic E-state index is -0.892. The highest BCUT2D eigenvalue weighted by Crippen LogP contribution is 2.75. The van der Waals surface area contributed by atoms with Crippen molar-refractivity contribution in [3.8, 4) is 0 Å². The number of carbonyl (C=O) groups excluding carboxylic acids is 1. The maximum absolute atomic E-state index is 14.4. The van der Waals surface area contributed by atoms with E-state index < -0.39 is 17.6 Å². The Labute approximate surface area is 241 Å². The molecular weight excluding hydrogens is 502 g/mol. The number of aliphatic hydroxyl groups excluding tert-OH is 3. The zero-order valence-electron chi connectivity index (χ0n) is 26.0. The molecule has 1 aliphatic heterocycles. The van der Waals surface area contributed by atoms with Crippen LogP contribution >= 0.6 is 0 Å². The molecule has 0 aromatic heterocycles. The average Bonchev–Trinajstić information content (AvgIpc) is 2.92. The number of hydrogen-bond donors (Lipinski definition) is 3. The van der Waals surface area contributed by atoms with Crippen molar-refractivity contribution in [2.24, 2.45) is 50.2 Å². The monoisotopic (exact) mass is 557 g/mol. The molecule has 1 amide bonds. The van der Waals surface area contributed by atoms with Gasteiger partial charge in [-0.25, -0.2) is 0 Å². The van der Waals surface area contributed by atoms with Crippen LogP contribution in [0.4, 0.5) is 0 Å². The number of rotatable bonds is 2. The van der Waals surface area contributed by atoms with E-state index >= 15 is 0 Å². The van der Waals surface area contributed by atoms with Crippen molar-refractivity contribution < 1.29 is 24.9 Å². The van der Waals surface area contributed by atoms with Gasteiger partial charge in [-0.3, -0.25) is 4.79 Å². The van der Waals surface area contributed by atoms with Crippen LogP contribution in [-0.2, 0) is 9.53 Å². The molecule has 40 heavy (non-hydrogen) atoms. The predicted molar refractivity (Wildman–Crippen MR) is 155 cm³/mol. The van der Waals surface area contributed by atoms with Gasteiger partial charge in [-0.2, -0.15) is 0 Å². The lowest BCUT2D eigenvalue weighted by Crippen LogP contribution is -2.68. The number of allylic oxidation sites excluding steroid dienone is 2. The molecule has 1 heterocycles. The van der Waals surface area contributed by atoms with Crippen LogP contribution in [-0.4, -0.2) is 71.2 Å². The van der Waals surface area contributed by atoms with Crippen LogP contribution in [0.1, 0.15) is 99.3 Å². The third kappa shape index (κ3) is 3.70. The van der Waals surface area contributed by atoms with Crippen LogP contribution < -0.4 is 0 Å². The minimum absolute atomic E-state index is 0.00654. The summed E-state index contributed by atoms with van der Waals surface area (Å²) in [5.41, 5.74) is 0.630. The second-order valence-electron chi connectivity index (χ2n) is 16.7. The van der Waals surface area contributed by atoms with Crippen molar-refractivity contribution in [2.75, 3.05) is 32.9 Å². The lowest BCUT2D eigenvalue weighted by atomic mass is 9.33. The maximum Gasteiger partial charge on any atom is 0.229 e. The molecule has 0 aromatic carbocycles. The van der Waals surface area contributed by atoms with Crippen LogP contribution in [0.15, 0.2) is 11.6 Å². The van der Waals surface area contributed by atoms with Gasteiger partial charge < -0.3 is 25.0 Å². The van der Waals surface area contributed by atoms with Gasteiger partial charge in [0.15, 0.2) is 0 Å². The molecule has 6 rings (SSSR count). The molecule has 3 N–H and O–H groups in total. The van der Waals surface area contributed by atoms with Crippen molar-refractivity contribution in [1.82, 2.24) is 4.90 Å². The van der Waals surface area contributed by atoms with E-state index in [1.54, 1.807) is 5.57 Å². The lowest BCUT2D eigenvalue weighted by Gasteiger charge is -2.71. The third-order valence-electron chi connectivity index (χ3n) is 14.5. The first-order valence-corrected chi connectivity index (χ1v) is 16.2. The topological polar surface area (TPSA) is 90.2 Å². The van der Waals surface area contributed by atoms with Crippen LogP contribution in [0.5, 0.6) is 0 Å². The van der Waals surface area contributed by atoms with E-state index in [1.165, 1.54) is 0 Å². The molecule has 10 atom stereocenters. The number of morpholine rings is 1. The summed E-state index contributed by atoms with van der Waals surface area (Å²) >= 11 is 0. The van der Waals surface area contributed by atoms with Gasteiger partial charge in [-0.15, -0.1) is 0 Å². The Morgan fingerprint density at radius 1 is 0.950 bits per heavy atom. The first kappa shape index (κ1) is 29.1. The number of carbonyl (C=O) groups is 1. The van der Waals surface area contributed by atoms with Crippen LogP contribution in [0.2, 0.25) is 0 Å². The second-order valence-corrected chi connectivity index (χ2v) is 16.7. The second kappa shape index (κ2) is 9.27. The maximum atomic E-state index is 14.4. The van der Waals surface area contributed by atoms with E-state index in [9.17, 15) is 20.1 Å². The zero-order chi connectivity index (χ0) is 28.9. The van der Waals surface area contributed by atoms with Crippen molar-refractivity contribution in [1.29, 1.82) is 0 Å². The summed E-state index contributed by atoms with van der Waals surface area (Å²) in [5, 5.41) is 32.7. The Balaban J connectivity index is 1.42. The molecule has 1 saturated heterocycles. The first-order chi connectivity index (χ1) is 18.7. The van der Waals surface area contributed by atoms with Crippen molar-refractivity contribution in [2.45, 2.75) is 112 Å². The molecule has 0 aromatic rings. The Hall–Kier alpha value is -0.950. The number of hydrogen-bond acceptors (Lipinski definition) is 5. The van der Waals surface area contributed by atoms with E-state index in [0.29, 0.717) is 44.5 Å². The summed E-state index contributed by atoms with van der Waals surface area (Å²) in [6.45, 7) is 16.8. The fourth-order valence-electron chi connectivity index (χ4n) is 11.9. The van der Waals surface area contributed by atoms with Crippen molar-refractivity contribution in [3.05, 3.63) is 11.6 Å². The molecule has 6 nitrogen and oxygen atoms in total. The van der Waals surface area contributed by atoms with Gasteiger partial charge in [0.05, 0.1) is 37.4 Å². The SMILES string of the molecule is CC1(C)CC[C@]2(C(=O)N3CCOCC3)CC[C@]3(C)C(=CCC4[C@@]5(C)C[C@@H](O)[C@H](O)[C@@](C)(CO)C5CC[C@]43C)C2C1. The molecule has 0 radical (unpaired) electrons. The van der Waals surface area contributed by atoms with E-state index in [2.05, 4.69) is 45.6 Å². The average molecular weight is 558 g/mol. The summed E-state index contributed by atoms with van der Waals surface area (Å²) in [7, 11) is 0. The van der Waals surface area contributed by atoms with Crippen molar-refractivity contribution >= 4 is 5.91 Å². The largest absolute Gasteiger partial charge is 0.396 e. The summed E-state index contributed by atoms with van der Waals surface area (Å²) < 4.78 is 5.61. The molecule has 5 fully saturated rings. The molecule has 6 aliphatic rings. The molecule has 3 unspecified atom stereocenters. The first-order valence-electron chi connectivity index (χ1n) is 16.2. The molecule has 0 bridgehead atoms. The third-order valence-corrected chi connectivity index (χ3v) is 14.5. The van der Waals surface area contributed by atoms with E-state index in [1.807, 2.05) is 6.92 Å². The minimum Gasteiger partial charge on any atom is -0.396 e. The molecule has 6 heteroatoms. The summed E-state index contributed by atoms with van der Waals surface area (Å²) in [6.07, 6.45) is 9.54. The highest BCUT2D eigenvalue weighted by atomic mass is 16.5.